The van der Waals surface area contributed by atoms with Crippen LogP contribution in [0.25, 0.3) is 0 Å². The van der Waals surface area contributed by atoms with Crippen molar-refractivity contribution >= 4 is 29.8 Å². The summed E-state index contributed by atoms with van der Waals surface area (Å²) in [7, 11) is 0. The van der Waals surface area contributed by atoms with Crippen LogP contribution in [0.15, 0.2) is 0 Å². The Kier molecular flexibility index (Phi) is 8.56. The van der Waals surface area contributed by atoms with Crippen LogP contribution in [0, 0.1) is 5.92 Å². The van der Waals surface area contributed by atoms with Crippen molar-refractivity contribution in [1.82, 2.24) is 0 Å². The molecule has 1 aliphatic rings. The lowest BCUT2D eigenvalue weighted by atomic mass is 9.72. The monoisotopic (exact) mass is 418 g/mol. The van der Waals surface area contributed by atoms with Gasteiger partial charge in [-0.3, -0.25) is 24.0 Å². The molecule has 0 spiro atoms. The average Bonchev–Trinajstić information content (AvgIpc) is 2.56. The fraction of sp³-hybridized carbons (Fsp3) is 0.722. The second-order valence-electron chi connectivity index (χ2n) is 6.83. The number of rotatable bonds is 7. The van der Waals surface area contributed by atoms with E-state index in [1.807, 2.05) is 0 Å². The van der Waals surface area contributed by atoms with E-state index in [0.29, 0.717) is 0 Å². The van der Waals surface area contributed by atoms with Gasteiger partial charge < -0.3 is 28.8 Å². The van der Waals surface area contributed by atoms with E-state index in [1.165, 1.54) is 6.92 Å². The molecule has 0 amide bonds. The van der Waals surface area contributed by atoms with Crippen LogP contribution in [0.1, 0.15) is 41.0 Å². The Morgan fingerprint density at radius 3 is 1.69 bits per heavy atom. The van der Waals surface area contributed by atoms with Crippen LogP contribution in [0.3, 0.4) is 0 Å². The lowest BCUT2D eigenvalue weighted by Crippen LogP contribution is -2.66. The third-order valence-electron chi connectivity index (χ3n) is 4.16. The molecule has 0 unspecified atom stereocenters. The molecule has 0 aromatic carbocycles. The van der Waals surface area contributed by atoms with Crippen molar-refractivity contribution in [2.75, 3.05) is 13.2 Å². The van der Waals surface area contributed by atoms with Crippen LogP contribution in [0.4, 0.5) is 0 Å². The third kappa shape index (κ3) is 7.33. The first kappa shape index (κ1) is 24.3. The molecule has 164 valence electrons. The predicted molar refractivity (Wildman–Crippen MR) is 93.0 cm³/mol. The Balaban J connectivity index is 3.41. The highest BCUT2D eigenvalue weighted by atomic mass is 16.6. The van der Waals surface area contributed by atoms with Crippen LogP contribution in [0.5, 0.6) is 0 Å². The molecule has 0 aromatic rings. The van der Waals surface area contributed by atoms with E-state index < -0.39 is 66.3 Å². The lowest BCUT2D eigenvalue weighted by Gasteiger charge is -2.48. The van der Waals surface area contributed by atoms with Gasteiger partial charge in [-0.1, -0.05) is 0 Å². The summed E-state index contributed by atoms with van der Waals surface area (Å²) < 4.78 is 25.6. The summed E-state index contributed by atoms with van der Waals surface area (Å²) in [5.74, 6) is -4.52. The number of carbonyl (C=O) groups is 5. The minimum atomic E-state index is -2.00. The standard InChI is InChI=1S/C18H26O11/c1-9(19)25-7-14-6-18(24,8-26-10(2)20)17(29-13(5)23)16(28-12(4)22)15(14)27-11(3)21/h14-17,24H,6-8H2,1-5H3/t14-,15-,16+,17-,18-/m1/s1. The summed E-state index contributed by atoms with van der Waals surface area (Å²) in [6.45, 7) is 4.67. The Morgan fingerprint density at radius 2 is 1.24 bits per heavy atom. The van der Waals surface area contributed by atoms with E-state index in [4.69, 9.17) is 23.7 Å². The molecule has 0 radical (unpaired) electrons. The maximum atomic E-state index is 11.7. The molecule has 1 N–H and O–H groups in total. The molecule has 0 saturated heterocycles. The van der Waals surface area contributed by atoms with Gasteiger partial charge in [-0.2, -0.15) is 0 Å². The Hall–Kier alpha value is -2.69. The van der Waals surface area contributed by atoms with Gasteiger partial charge in [0.1, 0.15) is 18.3 Å². The van der Waals surface area contributed by atoms with Crippen LogP contribution in [-0.2, 0) is 47.7 Å². The molecular weight excluding hydrogens is 392 g/mol. The normalized spacial score (nSPS) is 28.6. The second-order valence-corrected chi connectivity index (χ2v) is 6.83. The first-order valence-electron chi connectivity index (χ1n) is 8.86. The van der Waals surface area contributed by atoms with Crippen molar-refractivity contribution in [3.63, 3.8) is 0 Å². The molecule has 11 heteroatoms. The van der Waals surface area contributed by atoms with Crippen molar-refractivity contribution in [3.05, 3.63) is 0 Å². The Bertz CT molecular complexity index is 658. The molecule has 0 aliphatic heterocycles. The first-order valence-corrected chi connectivity index (χ1v) is 8.86. The van der Waals surface area contributed by atoms with Crippen LogP contribution >= 0.6 is 0 Å². The zero-order valence-electron chi connectivity index (χ0n) is 17.0. The largest absolute Gasteiger partial charge is 0.465 e. The summed E-state index contributed by atoms with van der Waals surface area (Å²) in [5.41, 5.74) is -2.00. The lowest BCUT2D eigenvalue weighted by molar-refractivity contribution is -0.247. The van der Waals surface area contributed by atoms with Gasteiger partial charge in [0.25, 0.3) is 0 Å². The van der Waals surface area contributed by atoms with Gasteiger partial charge in [0.15, 0.2) is 12.2 Å². The van der Waals surface area contributed by atoms with Crippen molar-refractivity contribution in [1.29, 1.82) is 0 Å². The number of carbonyl (C=O) groups excluding carboxylic acids is 5. The summed E-state index contributed by atoms with van der Waals surface area (Å²) in [4.78, 5) is 57.4. The molecule has 1 rings (SSSR count). The van der Waals surface area contributed by atoms with Gasteiger partial charge in [-0.05, 0) is 6.42 Å². The van der Waals surface area contributed by atoms with Crippen LogP contribution in [0.2, 0.25) is 0 Å². The maximum Gasteiger partial charge on any atom is 0.303 e. The fourth-order valence-electron chi connectivity index (χ4n) is 3.21. The molecule has 0 aromatic heterocycles. The number of aliphatic hydroxyl groups is 1. The van der Waals surface area contributed by atoms with Crippen molar-refractivity contribution in [3.8, 4) is 0 Å². The van der Waals surface area contributed by atoms with Crippen molar-refractivity contribution in [2.45, 2.75) is 65.0 Å². The molecule has 1 aliphatic carbocycles. The van der Waals surface area contributed by atoms with E-state index in [-0.39, 0.29) is 13.0 Å². The number of hydrogen-bond donors (Lipinski definition) is 1. The highest BCUT2D eigenvalue weighted by molar-refractivity contribution is 5.69. The van der Waals surface area contributed by atoms with E-state index >= 15 is 0 Å². The highest BCUT2D eigenvalue weighted by Gasteiger charge is 2.58. The van der Waals surface area contributed by atoms with E-state index in [1.54, 1.807) is 0 Å². The van der Waals surface area contributed by atoms with E-state index in [9.17, 15) is 29.1 Å². The molecule has 5 atom stereocenters. The zero-order valence-corrected chi connectivity index (χ0v) is 17.0. The molecule has 0 heterocycles. The second kappa shape index (κ2) is 10.2. The number of esters is 5. The topological polar surface area (TPSA) is 152 Å². The van der Waals surface area contributed by atoms with Gasteiger partial charge in [-0.25, -0.2) is 0 Å². The number of ether oxygens (including phenoxy) is 5. The van der Waals surface area contributed by atoms with E-state index in [0.717, 1.165) is 27.7 Å². The molecule has 29 heavy (non-hydrogen) atoms. The van der Waals surface area contributed by atoms with Crippen molar-refractivity contribution < 1.29 is 52.8 Å². The Labute approximate surface area is 167 Å². The summed E-state index contributed by atoms with van der Waals surface area (Å²) in [5, 5.41) is 11.2. The first-order chi connectivity index (χ1) is 13.4. The SMILES string of the molecule is CC(=O)OC[C@H]1C[C@@](O)(COC(C)=O)[C@H](OC(C)=O)[C@@H](OC(C)=O)[C@@H]1OC(C)=O. The molecule has 1 fully saturated rings. The molecule has 0 bridgehead atoms. The fourth-order valence-corrected chi connectivity index (χ4v) is 3.21. The molecular formula is C18H26O11. The Morgan fingerprint density at radius 1 is 0.759 bits per heavy atom. The molecule has 1 saturated carbocycles. The van der Waals surface area contributed by atoms with Gasteiger partial charge in [-0.15, -0.1) is 0 Å². The smallest absolute Gasteiger partial charge is 0.303 e. The maximum absolute atomic E-state index is 11.7. The average molecular weight is 418 g/mol. The number of hydrogen-bond acceptors (Lipinski definition) is 11. The van der Waals surface area contributed by atoms with Gasteiger partial charge >= 0.3 is 29.8 Å². The zero-order chi connectivity index (χ0) is 22.4. The quantitative estimate of drug-likeness (QED) is 0.427. The van der Waals surface area contributed by atoms with Crippen LogP contribution in [-0.4, -0.2) is 72.1 Å². The predicted octanol–water partition coefficient (Wildman–Crippen LogP) is -0.341. The van der Waals surface area contributed by atoms with Crippen molar-refractivity contribution in [2.24, 2.45) is 5.92 Å². The summed E-state index contributed by atoms with van der Waals surface area (Å²) in [6.07, 6.45) is -4.39. The van der Waals surface area contributed by atoms with Gasteiger partial charge in [0, 0.05) is 40.5 Å². The highest BCUT2D eigenvalue weighted by Crippen LogP contribution is 2.39. The van der Waals surface area contributed by atoms with E-state index in [2.05, 4.69) is 0 Å². The third-order valence-corrected chi connectivity index (χ3v) is 4.16. The summed E-state index contributed by atoms with van der Waals surface area (Å²) >= 11 is 0. The van der Waals surface area contributed by atoms with Gasteiger partial charge in [0.05, 0.1) is 6.61 Å². The minimum absolute atomic E-state index is 0.249. The van der Waals surface area contributed by atoms with Crippen LogP contribution < -0.4 is 0 Å². The van der Waals surface area contributed by atoms with Gasteiger partial charge in [0.2, 0.25) is 0 Å². The minimum Gasteiger partial charge on any atom is -0.465 e. The summed E-state index contributed by atoms with van der Waals surface area (Å²) in [6, 6.07) is 0. The molecule has 11 nitrogen and oxygen atoms in total.